The number of rotatable bonds is 4. The van der Waals surface area contributed by atoms with E-state index >= 15 is 0 Å². The number of carbonyl (C=O) groups excluding carboxylic acids is 1. The number of amides is 1. The summed E-state index contributed by atoms with van der Waals surface area (Å²) in [5, 5.41) is 12.3. The van der Waals surface area contributed by atoms with Crippen LogP contribution in [-0.2, 0) is 9.59 Å². The van der Waals surface area contributed by atoms with Crippen LogP contribution >= 0.6 is 34.4 Å². The number of hydrogen-bond donors (Lipinski definition) is 2. The lowest BCUT2D eigenvalue weighted by Gasteiger charge is -2.14. The normalized spacial score (nSPS) is 18.1. The van der Waals surface area contributed by atoms with Gasteiger partial charge in [0.05, 0.1) is 22.8 Å². The minimum atomic E-state index is -0.881. The van der Waals surface area contributed by atoms with Crippen LogP contribution in [-0.4, -0.2) is 38.8 Å². The molecular weight excluding hydrogens is 405 g/mol. The Morgan fingerprint density at radius 3 is 3.05 bits per heavy atom. The summed E-state index contributed by atoms with van der Waals surface area (Å²) < 4.78 is 3.05. The Balaban J connectivity index is 2.06. The van der Waals surface area contributed by atoms with Gasteiger partial charge in [-0.15, -0.1) is 0 Å². The van der Waals surface area contributed by atoms with Gasteiger partial charge in [-0.3, -0.25) is 9.59 Å². The highest BCUT2D eigenvalue weighted by Crippen LogP contribution is 2.31. The number of imidazole rings is 1. The van der Waals surface area contributed by atoms with Gasteiger partial charge in [0.1, 0.15) is 0 Å². The van der Waals surface area contributed by atoms with Gasteiger partial charge in [0.15, 0.2) is 5.16 Å². The molecule has 1 unspecified atom stereocenters. The molecule has 0 bridgehead atoms. The van der Waals surface area contributed by atoms with Crippen molar-refractivity contribution in [1.29, 1.82) is 0 Å². The summed E-state index contributed by atoms with van der Waals surface area (Å²) in [6.45, 7) is 0.552. The topological polar surface area (TPSA) is 84.2 Å². The Bertz CT molecular complexity index is 731. The van der Waals surface area contributed by atoms with Gasteiger partial charge in [-0.25, -0.2) is 4.98 Å². The van der Waals surface area contributed by atoms with Crippen molar-refractivity contribution in [2.75, 3.05) is 12.3 Å². The summed E-state index contributed by atoms with van der Waals surface area (Å²) >= 11 is 3.40. The van der Waals surface area contributed by atoms with Crippen LogP contribution in [0.5, 0.6) is 0 Å². The Hall–Kier alpha value is -1.29. The second kappa shape index (κ2) is 5.84. The molecule has 1 saturated heterocycles. The fourth-order valence-corrected chi connectivity index (χ4v) is 3.68. The number of carboxylic acid groups (broad SMARTS) is 1. The van der Waals surface area contributed by atoms with Gasteiger partial charge >= 0.3 is 5.97 Å². The lowest BCUT2D eigenvalue weighted by Crippen LogP contribution is -2.16. The van der Waals surface area contributed by atoms with E-state index < -0.39 is 5.97 Å². The Labute approximate surface area is 138 Å². The number of aliphatic carboxylic acids is 1. The van der Waals surface area contributed by atoms with Gasteiger partial charge in [-0.1, -0.05) is 11.8 Å². The lowest BCUT2D eigenvalue weighted by atomic mass is 10.2. The van der Waals surface area contributed by atoms with Crippen molar-refractivity contribution in [2.24, 2.45) is 0 Å². The maximum atomic E-state index is 11.5. The lowest BCUT2D eigenvalue weighted by molar-refractivity contribution is -0.134. The summed E-state index contributed by atoms with van der Waals surface area (Å²) in [6.07, 6.45) is 0.401. The number of nitrogens with one attached hydrogen (secondary N) is 1. The van der Waals surface area contributed by atoms with Crippen molar-refractivity contribution in [1.82, 2.24) is 14.9 Å². The molecule has 110 valence electrons. The van der Waals surface area contributed by atoms with Gasteiger partial charge in [-0.05, 0) is 40.8 Å². The summed E-state index contributed by atoms with van der Waals surface area (Å²) in [5.74, 6) is -0.913. The van der Waals surface area contributed by atoms with Crippen LogP contribution < -0.4 is 5.32 Å². The summed E-state index contributed by atoms with van der Waals surface area (Å²) in [4.78, 5) is 26.8. The zero-order valence-corrected chi connectivity index (χ0v) is 13.8. The minimum Gasteiger partial charge on any atom is -0.481 e. The van der Waals surface area contributed by atoms with Crippen molar-refractivity contribution >= 4 is 57.3 Å². The molecule has 8 heteroatoms. The highest BCUT2D eigenvalue weighted by Gasteiger charge is 2.27. The van der Waals surface area contributed by atoms with Gasteiger partial charge < -0.3 is 15.0 Å². The van der Waals surface area contributed by atoms with Gasteiger partial charge in [0.25, 0.3) is 0 Å². The maximum Gasteiger partial charge on any atom is 0.313 e. The number of carboxylic acids is 1. The van der Waals surface area contributed by atoms with E-state index in [9.17, 15) is 9.59 Å². The van der Waals surface area contributed by atoms with Crippen molar-refractivity contribution in [3.8, 4) is 0 Å². The highest BCUT2D eigenvalue weighted by molar-refractivity contribution is 14.1. The van der Waals surface area contributed by atoms with Crippen molar-refractivity contribution in [3.05, 3.63) is 21.8 Å². The summed E-state index contributed by atoms with van der Waals surface area (Å²) in [6, 6.07) is 5.90. The number of nitrogens with zero attached hydrogens (tertiary/aromatic N) is 2. The molecule has 3 rings (SSSR count). The SMILES string of the molecule is O=C(O)CSc1nc2cc(I)ccc2n1C1CNC(=O)C1. The molecule has 1 aliphatic rings. The number of fused-ring (bicyclic) bond motifs is 1. The van der Waals surface area contributed by atoms with Crippen LogP contribution in [0, 0.1) is 3.57 Å². The smallest absolute Gasteiger partial charge is 0.313 e. The molecule has 1 amide bonds. The van der Waals surface area contributed by atoms with Crippen LogP contribution in [0.4, 0.5) is 0 Å². The van der Waals surface area contributed by atoms with Crippen LogP contribution in [0.15, 0.2) is 23.4 Å². The number of halogens is 1. The third kappa shape index (κ3) is 3.00. The van der Waals surface area contributed by atoms with Gasteiger partial charge in [0, 0.05) is 16.5 Å². The molecule has 2 N–H and O–H groups in total. The van der Waals surface area contributed by atoms with Crippen LogP contribution in [0.3, 0.4) is 0 Å². The minimum absolute atomic E-state index is 0.0149. The third-order valence-electron chi connectivity index (χ3n) is 3.26. The van der Waals surface area contributed by atoms with E-state index in [2.05, 4.69) is 32.9 Å². The number of thioether (sulfide) groups is 1. The summed E-state index contributed by atoms with van der Waals surface area (Å²) in [5.41, 5.74) is 1.76. The predicted molar refractivity (Wildman–Crippen MR) is 87.5 cm³/mol. The van der Waals surface area contributed by atoms with Crippen molar-refractivity contribution in [3.63, 3.8) is 0 Å². The Kier molecular flexibility index (Phi) is 4.07. The second-order valence-corrected chi connectivity index (χ2v) is 6.93. The van der Waals surface area contributed by atoms with E-state index in [0.717, 1.165) is 14.6 Å². The number of aromatic nitrogens is 2. The first-order valence-electron chi connectivity index (χ1n) is 6.33. The Morgan fingerprint density at radius 1 is 1.57 bits per heavy atom. The molecule has 2 heterocycles. The quantitative estimate of drug-likeness (QED) is 0.587. The Morgan fingerprint density at radius 2 is 2.38 bits per heavy atom. The average Bonchev–Trinajstić information content (AvgIpc) is 2.98. The van der Waals surface area contributed by atoms with Crippen LogP contribution in [0.1, 0.15) is 12.5 Å². The fourth-order valence-electron chi connectivity index (χ4n) is 2.40. The molecule has 0 spiro atoms. The first-order chi connectivity index (χ1) is 10.0. The van der Waals surface area contributed by atoms with Crippen LogP contribution in [0.2, 0.25) is 0 Å². The number of hydrogen-bond acceptors (Lipinski definition) is 4. The fraction of sp³-hybridized carbons (Fsp3) is 0.308. The molecule has 1 aliphatic heterocycles. The molecule has 0 saturated carbocycles. The van der Waals surface area contributed by atoms with Crippen LogP contribution in [0.25, 0.3) is 11.0 Å². The molecule has 0 radical (unpaired) electrons. The zero-order chi connectivity index (χ0) is 15.0. The van der Waals surface area contributed by atoms with E-state index in [-0.39, 0.29) is 17.7 Å². The molecule has 21 heavy (non-hydrogen) atoms. The number of carbonyl (C=O) groups is 2. The predicted octanol–water partition coefficient (Wildman–Crippen LogP) is 1.88. The zero-order valence-electron chi connectivity index (χ0n) is 10.9. The molecule has 1 atom stereocenters. The third-order valence-corrected chi connectivity index (χ3v) is 4.87. The molecule has 1 aromatic carbocycles. The first kappa shape index (κ1) is 14.6. The van der Waals surface area contributed by atoms with Crippen molar-refractivity contribution < 1.29 is 14.7 Å². The standard InChI is InChI=1S/C13H12IN3O3S/c14-7-1-2-10-9(3-7)16-13(21-6-12(19)20)17(10)8-4-11(18)15-5-8/h1-3,8H,4-6H2,(H,15,18)(H,19,20). The molecule has 2 aromatic rings. The maximum absolute atomic E-state index is 11.5. The monoisotopic (exact) mass is 417 g/mol. The van der Waals surface area contributed by atoms with E-state index in [1.54, 1.807) is 0 Å². The molecule has 6 nitrogen and oxygen atoms in total. The van der Waals surface area contributed by atoms with E-state index in [1.807, 2.05) is 22.8 Å². The summed E-state index contributed by atoms with van der Waals surface area (Å²) in [7, 11) is 0. The first-order valence-corrected chi connectivity index (χ1v) is 8.40. The van der Waals surface area contributed by atoms with E-state index in [1.165, 1.54) is 11.8 Å². The van der Waals surface area contributed by atoms with Gasteiger partial charge in [0.2, 0.25) is 5.91 Å². The molecular formula is C13H12IN3O3S. The highest BCUT2D eigenvalue weighted by atomic mass is 127. The van der Waals surface area contributed by atoms with Gasteiger partial charge in [-0.2, -0.15) is 0 Å². The van der Waals surface area contributed by atoms with Crippen molar-refractivity contribution in [2.45, 2.75) is 17.6 Å². The second-order valence-electron chi connectivity index (χ2n) is 4.74. The number of benzene rings is 1. The molecule has 0 aliphatic carbocycles. The molecule has 1 fully saturated rings. The van der Waals surface area contributed by atoms with E-state index in [0.29, 0.717) is 18.1 Å². The van der Waals surface area contributed by atoms with E-state index in [4.69, 9.17) is 5.11 Å². The molecule has 1 aromatic heterocycles. The average molecular weight is 417 g/mol. The largest absolute Gasteiger partial charge is 0.481 e.